The fraction of sp³-hybridized carbons (Fsp3) is 0.500. The molecule has 1 aliphatic carbocycles. The second-order valence-corrected chi connectivity index (χ2v) is 8.95. The van der Waals surface area contributed by atoms with E-state index < -0.39 is 0 Å². The van der Waals surface area contributed by atoms with Gasteiger partial charge in [0.1, 0.15) is 5.82 Å². The van der Waals surface area contributed by atoms with Gasteiger partial charge in [0.2, 0.25) is 0 Å². The number of nitrogens with zero attached hydrogens (tertiary/aromatic N) is 4. The molecule has 2 aliphatic rings. The Hall–Kier alpha value is -2.31. The zero-order valence-corrected chi connectivity index (χ0v) is 19.3. The van der Waals surface area contributed by atoms with Crippen LogP contribution in [0.25, 0.3) is 0 Å². The lowest BCUT2D eigenvalue weighted by Gasteiger charge is -2.34. The summed E-state index contributed by atoms with van der Waals surface area (Å²) in [6.45, 7) is 9.19. The highest BCUT2D eigenvalue weighted by Crippen LogP contribution is 2.48. The van der Waals surface area contributed by atoms with E-state index in [1.165, 1.54) is 24.0 Å². The number of rotatable bonds is 7. The Labute approximate surface area is 190 Å². The molecule has 7 heteroatoms. The quantitative estimate of drug-likeness (QED) is 0.511. The Morgan fingerprint density at radius 1 is 1.13 bits per heavy atom. The fourth-order valence-electron chi connectivity index (χ4n) is 4.23. The molecule has 1 saturated heterocycles. The fourth-order valence-corrected chi connectivity index (χ4v) is 4.42. The standard InChI is InChI=1S/C24H33ClN6/c1-3-30-11-13-31(14-12-30)22-15-19(7-10-27-22)17-28-23(26-2)29-18-24(8-9-24)20-5-4-6-21(25)16-20/h4-7,10,15-16H,3,8-9,11-14,17-18H2,1-2H3,(H2,26,28,29). The van der Waals surface area contributed by atoms with Gasteiger partial charge in [0.25, 0.3) is 0 Å². The molecule has 2 N–H and O–H groups in total. The summed E-state index contributed by atoms with van der Waals surface area (Å²) < 4.78 is 0. The van der Waals surface area contributed by atoms with Crippen molar-refractivity contribution in [2.75, 3.05) is 51.2 Å². The van der Waals surface area contributed by atoms with E-state index in [1.54, 1.807) is 0 Å². The van der Waals surface area contributed by atoms with Crippen LogP contribution in [0, 0.1) is 0 Å². The van der Waals surface area contributed by atoms with Crippen molar-refractivity contribution in [1.82, 2.24) is 20.5 Å². The Bertz CT molecular complexity index is 902. The van der Waals surface area contributed by atoms with E-state index in [-0.39, 0.29) is 5.41 Å². The zero-order valence-electron chi connectivity index (χ0n) is 18.6. The van der Waals surface area contributed by atoms with Gasteiger partial charge in [0.05, 0.1) is 0 Å². The first kappa shape index (κ1) is 21.9. The van der Waals surface area contributed by atoms with Gasteiger partial charge >= 0.3 is 0 Å². The average molecular weight is 441 g/mol. The third-order valence-electron chi connectivity index (χ3n) is 6.52. The minimum absolute atomic E-state index is 0.174. The van der Waals surface area contributed by atoms with E-state index in [9.17, 15) is 0 Å². The molecule has 2 heterocycles. The second kappa shape index (κ2) is 9.88. The molecule has 1 aromatic heterocycles. The van der Waals surface area contributed by atoms with Gasteiger partial charge in [-0.15, -0.1) is 0 Å². The largest absolute Gasteiger partial charge is 0.356 e. The first-order valence-electron chi connectivity index (χ1n) is 11.2. The smallest absolute Gasteiger partial charge is 0.191 e. The van der Waals surface area contributed by atoms with Gasteiger partial charge in [0.15, 0.2) is 5.96 Å². The van der Waals surface area contributed by atoms with Gasteiger partial charge < -0.3 is 20.4 Å². The number of guanidine groups is 1. The number of aromatic nitrogens is 1. The second-order valence-electron chi connectivity index (χ2n) is 8.51. The molecule has 2 aromatic rings. The van der Waals surface area contributed by atoms with E-state index in [0.29, 0.717) is 6.54 Å². The molecule has 1 aromatic carbocycles. The summed E-state index contributed by atoms with van der Waals surface area (Å²) in [5, 5.41) is 7.77. The molecule has 0 spiro atoms. The predicted molar refractivity (Wildman–Crippen MR) is 129 cm³/mol. The normalized spacial score (nSPS) is 18.7. The van der Waals surface area contributed by atoms with Crippen LogP contribution in [0.5, 0.6) is 0 Å². The molecule has 0 bridgehead atoms. The first-order valence-corrected chi connectivity index (χ1v) is 11.6. The molecule has 0 amide bonds. The zero-order chi connectivity index (χ0) is 21.7. The van der Waals surface area contributed by atoms with Crippen molar-refractivity contribution >= 4 is 23.4 Å². The van der Waals surface area contributed by atoms with Crippen LogP contribution in [0.4, 0.5) is 5.82 Å². The van der Waals surface area contributed by atoms with Crippen molar-refractivity contribution in [2.24, 2.45) is 4.99 Å². The monoisotopic (exact) mass is 440 g/mol. The number of anilines is 1. The Morgan fingerprint density at radius 2 is 1.94 bits per heavy atom. The number of piperazine rings is 1. The number of benzene rings is 1. The highest BCUT2D eigenvalue weighted by molar-refractivity contribution is 6.30. The van der Waals surface area contributed by atoms with Crippen molar-refractivity contribution in [2.45, 2.75) is 31.7 Å². The van der Waals surface area contributed by atoms with Crippen LogP contribution >= 0.6 is 11.6 Å². The molecule has 0 unspecified atom stereocenters. The summed E-state index contributed by atoms with van der Waals surface area (Å²) in [4.78, 5) is 13.9. The van der Waals surface area contributed by atoms with Gasteiger partial charge in [-0.3, -0.25) is 4.99 Å². The van der Waals surface area contributed by atoms with E-state index in [4.69, 9.17) is 11.6 Å². The molecule has 6 nitrogen and oxygen atoms in total. The maximum absolute atomic E-state index is 6.20. The van der Waals surface area contributed by atoms with E-state index in [2.05, 4.69) is 61.6 Å². The Kier molecular flexibility index (Phi) is 6.98. The summed E-state index contributed by atoms with van der Waals surface area (Å²) in [7, 11) is 1.82. The highest BCUT2D eigenvalue weighted by Gasteiger charge is 2.44. The van der Waals surface area contributed by atoms with Crippen molar-refractivity contribution in [3.8, 4) is 0 Å². The van der Waals surface area contributed by atoms with Crippen LogP contribution in [0.1, 0.15) is 30.9 Å². The first-order chi connectivity index (χ1) is 15.1. The lowest BCUT2D eigenvalue weighted by Crippen LogP contribution is -2.46. The molecule has 1 aliphatic heterocycles. The van der Waals surface area contributed by atoms with E-state index in [0.717, 1.165) is 56.1 Å². The highest BCUT2D eigenvalue weighted by atomic mass is 35.5. The van der Waals surface area contributed by atoms with Gasteiger partial charge in [-0.05, 0) is 54.8 Å². The minimum Gasteiger partial charge on any atom is -0.356 e. The SMILES string of the molecule is CCN1CCN(c2cc(CNC(=NC)NCC3(c4cccc(Cl)c4)CC3)ccn2)CC1. The topological polar surface area (TPSA) is 55.8 Å². The Balaban J connectivity index is 1.30. The summed E-state index contributed by atoms with van der Waals surface area (Å²) in [6, 6.07) is 12.5. The molecule has 2 fully saturated rings. The molecule has 0 radical (unpaired) electrons. The number of hydrogen-bond donors (Lipinski definition) is 2. The van der Waals surface area contributed by atoms with E-state index in [1.807, 2.05) is 25.4 Å². The maximum atomic E-state index is 6.20. The van der Waals surface area contributed by atoms with Gasteiger partial charge in [-0.2, -0.15) is 0 Å². The van der Waals surface area contributed by atoms with Crippen LogP contribution in [-0.2, 0) is 12.0 Å². The van der Waals surface area contributed by atoms with Crippen LogP contribution in [0.15, 0.2) is 47.6 Å². The third kappa shape index (κ3) is 5.49. The van der Waals surface area contributed by atoms with Gasteiger partial charge in [-0.1, -0.05) is 30.7 Å². The lowest BCUT2D eigenvalue weighted by atomic mass is 9.96. The van der Waals surface area contributed by atoms with Crippen molar-refractivity contribution in [3.05, 3.63) is 58.7 Å². The van der Waals surface area contributed by atoms with Gasteiger partial charge in [0, 0.05) is 63.0 Å². The summed E-state index contributed by atoms with van der Waals surface area (Å²) >= 11 is 6.20. The average Bonchev–Trinajstić information content (AvgIpc) is 3.61. The lowest BCUT2D eigenvalue weighted by molar-refractivity contribution is 0.270. The number of nitrogens with one attached hydrogen (secondary N) is 2. The van der Waals surface area contributed by atoms with E-state index >= 15 is 0 Å². The van der Waals surface area contributed by atoms with Crippen molar-refractivity contribution < 1.29 is 0 Å². The number of hydrogen-bond acceptors (Lipinski definition) is 4. The summed E-state index contributed by atoms with van der Waals surface area (Å²) in [5.41, 5.74) is 2.69. The summed E-state index contributed by atoms with van der Waals surface area (Å²) in [5.74, 6) is 1.89. The minimum atomic E-state index is 0.174. The van der Waals surface area contributed by atoms with Gasteiger partial charge in [-0.25, -0.2) is 4.98 Å². The van der Waals surface area contributed by atoms with Crippen LogP contribution in [-0.4, -0.2) is 62.2 Å². The maximum Gasteiger partial charge on any atom is 0.191 e. The molecule has 4 rings (SSSR count). The molecule has 31 heavy (non-hydrogen) atoms. The molecule has 166 valence electrons. The molecule has 1 saturated carbocycles. The van der Waals surface area contributed by atoms with Crippen molar-refractivity contribution in [1.29, 1.82) is 0 Å². The van der Waals surface area contributed by atoms with Crippen LogP contribution in [0.2, 0.25) is 5.02 Å². The molecular formula is C24H33ClN6. The number of likely N-dealkylation sites (N-methyl/N-ethyl adjacent to an activating group) is 1. The number of halogens is 1. The molecule has 0 atom stereocenters. The van der Waals surface area contributed by atoms with Crippen LogP contribution in [0.3, 0.4) is 0 Å². The predicted octanol–water partition coefficient (Wildman–Crippen LogP) is 3.27. The summed E-state index contributed by atoms with van der Waals surface area (Å²) in [6.07, 6.45) is 4.26. The Morgan fingerprint density at radius 3 is 2.61 bits per heavy atom. The van der Waals surface area contributed by atoms with Crippen molar-refractivity contribution in [3.63, 3.8) is 0 Å². The molecular weight excluding hydrogens is 408 g/mol. The third-order valence-corrected chi connectivity index (χ3v) is 6.76. The number of pyridine rings is 1. The van der Waals surface area contributed by atoms with Crippen LogP contribution < -0.4 is 15.5 Å². The number of aliphatic imine (C=N–C) groups is 1.